The molecule has 3 heteroatoms. The summed E-state index contributed by atoms with van der Waals surface area (Å²) in [4.78, 5) is 22.4. The summed E-state index contributed by atoms with van der Waals surface area (Å²) >= 11 is 0. The van der Waals surface area contributed by atoms with Crippen LogP contribution in [0.5, 0.6) is 5.75 Å². The van der Waals surface area contributed by atoms with Crippen molar-refractivity contribution in [1.82, 2.24) is 0 Å². The number of carbonyl (C=O) groups excluding carboxylic acids is 2. The zero-order valence-electron chi connectivity index (χ0n) is 9.29. The number of methoxy groups -OCH3 is 1. The van der Waals surface area contributed by atoms with E-state index in [0.29, 0.717) is 18.6 Å². The van der Waals surface area contributed by atoms with Gasteiger partial charge in [-0.3, -0.25) is 4.79 Å². The number of rotatable bonds is 3. The monoisotopic (exact) mass is 218 g/mol. The molecule has 0 heterocycles. The molecule has 16 heavy (non-hydrogen) atoms. The van der Waals surface area contributed by atoms with Crippen LogP contribution in [0.3, 0.4) is 0 Å². The average molecular weight is 218 g/mol. The molecule has 1 aliphatic rings. The van der Waals surface area contributed by atoms with E-state index in [9.17, 15) is 9.59 Å². The Hall–Kier alpha value is -1.64. The maximum Gasteiger partial charge on any atom is 0.163 e. The summed E-state index contributed by atoms with van der Waals surface area (Å²) in [6, 6.07) is 3.59. The lowest BCUT2D eigenvalue weighted by Gasteiger charge is -2.19. The lowest BCUT2D eigenvalue weighted by Crippen LogP contribution is -2.14. The Morgan fingerprint density at radius 1 is 1.38 bits per heavy atom. The van der Waals surface area contributed by atoms with Gasteiger partial charge in [0.15, 0.2) is 5.78 Å². The van der Waals surface area contributed by atoms with Crippen LogP contribution in [0, 0.1) is 0 Å². The van der Waals surface area contributed by atoms with E-state index in [-0.39, 0.29) is 5.78 Å². The largest absolute Gasteiger partial charge is 0.496 e. The molecule has 0 bridgehead atoms. The Kier molecular flexibility index (Phi) is 3.04. The summed E-state index contributed by atoms with van der Waals surface area (Å²) in [5, 5.41) is 0. The highest BCUT2D eigenvalue weighted by molar-refractivity contribution is 5.99. The van der Waals surface area contributed by atoms with Gasteiger partial charge in [-0.25, -0.2) is 0 Å². The molecule has 0 unspecified atom stereocenters. The highest BCUT2D eigenvalue weighted by atomic mass is 16.5. The fourth-order valence-corrected chi connectivity index (χ4v) is 2.28. The van der Waals surface area contributed by atoms with Crippen molar-refractivity contribution in [2.24, 2.45) is 0 Å². The summed E-state index contributed by atoms with van der Waals surface area (Å²) in [6.45, 7) is 0. The summed E-state index contributed by atoms with van der Waals surface area (Å²) in [5.74, 6) is 0.886. The minimum atomic E-state index is 0.177. The topological polar surface area (TPSA) is 43.4 Å². The van der Waals surface area contributed by atoms with E-state index in [1.54, 1.807) is 13.2 Å². The van der Waals surface area contributed by atoms with Crippen molar-refractivity contribution in [3.63, 3.8) is 0 Å². The van der Waals surface area contributed by atoms with Crippen molar-refractivity contribution in [2.75, 3.05) is 7.11 Å². The van der Waals surface area contributed by atoms with Crippen LogP contribution in [0.4, 0.5) is 0 Å². The number of hydrogen-bond donors (Lipinski definition) is 0. The van der Waals surface area contributed by atoms with Gasteiger partial charge in [0.1, 0.15) is 12.0 Å². The number of benzene rings is 1. The maximum absolute atomic E-state index is 11.7. The summed E-state index contributed by atoms with van der Waals surface area (Å²) in [5.41, 5.74) is 2.65. The van der Waals surface area contributed by atoms with Gasteiger partial charge in [0, 0.05) is 24.0 Å². The number of hydrogen-bond acceptors (Lipinski definition) is 3. The first-order chi connectivity index (χ1) is 7.77. The van der Waals surface area contributed by atoms with E-state index in [1.165, 1.54) is 0 Å². The third kappa shape index (κ3) is 1.73. The van der Waals surface area contributed by atoms with Crippen molar-refractivity contribution >= 4 is 12.1 Å². The number of ether oxygens (including phenoxy) is 1. The first kappa shape index (κ1) is 10.9. The highest BCUT2D eigenvalue weighted by Crippen LogP contribution is 2.31. The smallest absolute Gasteiger partial charge is 0.163 e. The van der Waals surface area contributed by atoms with Gasteiger partial charge in [-0.05, 0) is 30.5 Å². The van der Waals surface area contributed by atoms with Gasteiger partial charge >= 0.3 is 0 Å². The van der Waals surface area contributed by atoms with Crippen LogP contribution < -0.4 is 4.74 Å². The van der Waals surface area contributed by atoms with Crippen LogP contribution >= 0.6 is 0 Å². The molecular weight excluding hydrogens is 204 g/mol. The van der Waals surface area contributed by atoms with Crippen LogP contribution in [0.1, 0.15) is 34.3 Å². The molecule has 0 N–H and O–H groups in total. The number of Topliss-reactive ketones (excluding diaryl/α,β-unsaturated/α-hetero) is 1. The Morgan fingerprint density at radius 3 is 2.88 bits per heavy atom. The molecule has 0 atom stereocenters. The predicted octanol–water partition coefficient (Wildman–Crippen LogP) is 1.96. The van der Waals surface area contributed by atoms with Gasteiger partial charge in [0.2, 0.25) is 0 Å². The average Bonchev–Trinajstić information content (AvgIpc) is 2.30. The number of ketones is 1. The molecule has 1 aromatic rings. The highest BCUT2D eigenvalue weighted by Gasteiger charge is 2.21. The van der Waals surface area contributed by atoms with Crippen molar-refractivity contribution < 1.29 is 14.3 Å². The minimum absolute atomic E-state index is 0.177. The van der Waals surface area contributed by atoms with Crippen molar-refractivity contribution in [2.45, 2.75) is 25.7 Å². The normalized spacial score (nSPS) is 14.4. The quantitative estimate of drug-likeness (QED) is 0.728. The van der Waals surface area contributed by atoms with E-state index in [1.807, 2.05) is 6.07 Å². The van der Waals surface area contributed by atoms with Gasteiger partial charge in [0.25, 0.3) is 0 Å². The van der Waals surface area contributed by atoms with Crippen LogP contribution in [0.15, 0.2) is 12.1 Å². The van der Waals surface area contributed by atoms with Crippen molar-refractivity contribution in [3.8, 4) is 5.75 Å². The first-order valence-electron chi connectivity index (χ1n) is 5.43. The molecule has 1 aliphatic carbocycles. The van der Waals surface area contributed by atoms with Gasteiger partial charge in [0.05, 0.1) is 7.11 Å². The van der Waals surface area contributed by atoms with Gasteiger partial charge in [-0.15, -0.1) is 0 Å². The summed E-state index contributed by atoms with van der Waals surface area (Å²) in [6.07, 6.45) is 3.52. The van der Waals surface area contributed by atoms with Crippen LogP contribution in [0.25, 0.3) is 0 Å². The molecule has 0 amide bonds. The fraction of sp³-hybridized carbons (Fsp3) is 0.385. The van der Waals surface area contributed by atoms with Gasteiger partial charge in [-0.1, -0.05) is 0 Å². The predicted molar refractivity (Wildman–Crippen MR) is 60.0 cm³/mol. The van der Waals surface area contributed by atoms with E-state index in [0.717, 1.165) is 35.8 Å². The molecule has 84 valence electrons. The number of aldehydes is 1. The third-order valence-corrected chi connectivity index (χ3v) is 3.03. The Morgan fingerprint density at radius 2 is 2.19 bits per heavy atom. The molecule has 0 aromatic heterocycles. The molecule has 0 saturated heterocycles. The number of carbonyl (C=O) groups is 2. The zero-order chi connectivity index (χ0) is 11.5. The molecule has 0 saturated carbocycles. The summed E-state index contributed by atoms with van der Waals surface area (Å²) in [7, 11) is 1.58. The second-order valence-corrected chi connectivity index (χ2v) is 3.92. The maximum atomic E-state index is 11.7. The van der Waals surface area contributed by atoms with Crippen LogP contribution in [0.2, 0.25) is 0 Å². The van der Waals surface area contributed by atoms with Crippen LogP contribution in [-0.2, 0) is 17.6 Å². The van der Waals surface area contributed by atoms with Crippen LogP contribution in [-0.4, -0.2) is 19.2 Å². The van der Waals surface area contributed by atoms with E-state index >= 15 is 0 Å². The number of fused-ring (bicyclic) bond motifs is 1. The lowest BCUT2D eigenvalue weighted by atomic mass is 9.86. The fourth-order valence-electron chi connectivity index (χ4n) is 2.28. The molecule has 0 aliphatic heterocycles. The molecule has 3 nitrogen and oxygen atoms in total. The molecule has 0 radical (unpaired) electrons. The lowest BCUT2D eigenvalue weighted by molar-refractivity contribution is -0.107. The SMILES string of the molecule is COc1ccc2c(c1CC=O)CCCC2=O. The summed E-state index contributed by atoms with van der Waals surface area (Å²) < 4.78 is 5.23. The first-order valence-corrected chi connectivity index (χ1v) is 5.43. The molecule has 0 spiro atoms. The van der Waals surface area contributed by atoms with Crippen molar-refractivity contribution in [3.05, 3.63) is 28.8 Å². The second-order valence-electron chi connectivity index (χ2n) is 3.92. The van der Waals surface area contributed by atoms with Gasteiger partial charge in [-0.2, -0.15) is 0 Å². The molecule has 1 aromatic carbocycles. The minimum Gasteiger partial charge on any atom is -0.496 e. The zero-order valence-corrected chi connectivity index (χ0v) is 9.29. The molecular formula is C13H14O3. The van der Waals surface area contributed by atoms with E-state index in [2.05, 4.69) is 0 Å². The Bertz CT molecular complexity index is 435. The van der Waals surface area contributed by atoms with Crippen molar-refractivity contribution in [1.29, 1.82) is 0 Å². The van der Waals surface area contributed by atoms with E-state index < -0.39 is 0 Å². The standard InChI is InChI=1S/C13H14O3/c1-16-13-6-5-10-9(11(13)7-8-14)3-2-4-12(10)15/h5-6,8H,2-4,7H2,1H3. The van der Waals surface area contributed by atoms with Gasteiger partial charge < -0.3 is 9.53 Å². The Balaban J connectivity index is 2.57. The van der Waals surface area contributed by atoms with E-state index in [4.69, 9.17) is 4.74 Å². The second kappa shape index (κ2) is 4.47. The molecule has 2 rings (SSSR count). The third-order valence-electron chi connectivity index (χ3n) is 3.03. The Labute approximate surface area is 94.4 Å². The molecule has 0 fully saturated rings.